The number of hydrogen-bond acceptors (Lipinski definition) is 4. The summed E-state index contributed by atoms with van der Waals surface area (Å²) in [5, 5.41) is 5.44. The molecule has 1 aromatic carbocycles. The predicted octanol–water partition coefficient (Wildman–Crippen LogP) is 2.06. The Balaban J connectivity index is 1.95. The zero-order valence-electron chi connectivity index (χ0n) is 18.1. The summed E-state index contributed by atoms with van der Waals surface area (Å²) in [7, 11) is 0. The second-order valence-corrected chi connectivity index (χ2v) is 10.1. The SMILES string of the molecule is [2H]C([2H])([2H])NC(=O)c1ccc2c(c1)C(N[S@+]([O-])C(C)(C)C)C1(CCNCC1)C2. The van der Waals surface area contributed by atoms with Gasteiger partial charge in [0.05, 0.1) is 6.04 Å². The summed E-state index contributed by atoms with van der Waals surface area (Å²) >= 11 is -1.26. The van der Waals surface area contributed by atoms with E-state index >= 15 is 0 Å². The molecule has 1 aliphatic carbocycles. The van der Waals surface area contributed by atoms with Gasteiger partial charge in [-0.05, 0) is 76.4 Å². The van der Waals surface area contributed by atoms with E-state index in [-0.39, 0.29) is 11.5 Å². The number of rotatable bonds is 3. The molecule has 0 saturated carbocycles. The molecule has 0 aromatic heterocycles. The first kappa shape index (κ1) is 15.0. The van der Waals surface area contributed by atoms with Crippen LogP contribution in [-0.2, 0) is 17.8 Å². The fraction of sp³-hybridized carbons (Fsp3) is 0.632. The first-order valence-corrected chi connectivity index (χ1v) is 9.90. The zero-order valence-corrected chi connectivity index (χ0v) is 15.9. The first-order chi connectivity index (χ1) is 12.9. The van der Waals surface area contributed by atoms with Gasteiger partial charge in [-0.25, -0.2) is 0 Å². The van der Waals surface area contributed by atoms with Gasteiger partial charge in [0, 0.05) is 33.4 Å². The fourth-order valence-corrected chi connectivity index (χ4v) is 4.86. The van der Waals surface area contributed by atoms with Crippen LogP contribution < -0.4 is 15.4 Å². The van der Waals surface area contributed by atoms with Crippen molar-refractivity contribution >= 4 is 17.3 Å². The number of carbonyl (C=O) groups is 1. The Morgan fingerprint density at radius 3 is 2.76 bits per heavy atom. The lowest BCUT2D eigenvalue weighted by Crippen LogP contribution is -2.48. The Labute approximate surface area is 157 Å². The third-order valence-corrected chi connectivity index (χ3v) is 6.93. The first-order valence-electron chi connectivity index (χ1n) is 10.3. The predicted molar refractivity (Wildman–Crippen MR) is 102 cm³/mol. The van der Waals surface area contributed by atoms with Gasteiger partial charge in [0.2, 0.25) is 0 Å². The number of benzene rings is 1. The van der Waals surface area contributed by atoms with Crippen molar-refractivity contribution in [3.8, 4) is 0 Å². The highest BCUT2D eigenvalue weighted by Crippen LogP contribution is 2.51. The van der Waals surface area contributed by atoms with Crippen molar-refractivity contribution in [3.05, 3.63) is 34.9 Å². The Morgan fingerprint density at radius 1 is 1.40 bits per heavy atom. The lowest BCUT2D eigenvalue weighted by atomic mass is 9.73. The van der Waals surface area contributed by atoms with Gasteiger partial charge >= 0.3 is 0 Å². The maximum atomic E-state index is 12.9. The number of nitrogens with one attached hydrogen (secondary N) is 3. The monoisotopic (exact) mass is 366 g/mol. The van der Waals surface area contributed by atoms with E-state index in [1.54, 1.807) is 12.1 Å². The third kappa shape index (κ3) is 3.58. The van der Waals surface area contributed by atoms with E-state index in [1.165, 1.54) is 0 Å². The third-order valence-electron chi connectivity index (χ3n) is 5.37. The Bertz CT molecular complexity index is 743. The van der Waals surface area contributed by atoms with E-state index in [4.69, 9.17) is 4.11 Å². The molecule has 5 nitrogen and oxygen atoms in total. The van der Waals surface area contributed by atoms with Crippen molar-refractivity contribution < 1.29 is 13.5 Å². The Morgan fingerprint density at radius 2 is 2.12 bits per heavy atom. The zero-order chi connectivity index (χ0) is 20.7. The standard InChI is InChI=1S/C19H29N3O2S/c1-18(2,3)25(24)22-16-15-11-13(17(23)20-4)5-6-14(15)12-19(16)7-9-21-10-8-19/h5-6,11,16,21-22H,7-10,12H2,1-4H3,(H,20,23)/t16?,25-/m1/s1/i4D3. The van der Waals surface area contributed by atoms with E-state index in [0.29, 0.717) is 5.56 Å². The molecule has 25 heavy (non-hydrogen) atoms. The molecule has 3 N–H and O–H groups in total. The van der Waals surface area contributed by atoms with Crippen molar-refractivity contribution in [2.75, 3.05) is 20.1 Å². The van der Waals surface area contributed by atoms with E-state index in [2.05, 4.69) is 10.0 Å². The highest BCUT2D eigenvalue weighted by molar-refractivity contribution is 7.90. The van der Waals surface area contributed by atoms with Gasteiger partial charge in [0.15, 0.2) is 0 Å². The minimum Gasteiger partial charge on any atom is -0.598 e. The second-order valence-electron chi connectivity index (χ2n) is 8.09. The van der Waals surface area contributed by atoms with Crippen LogP contribution in [0, 0.1) is 5.41 Å². The molecule has 0 radical (unpaired) electrons. The summed E-state index contributed by atoms with van der Waals surface area (Å²) in [6.07, 6.45) is 2.78. The van der Waals surface area contributed by atoms with Gasteiger partial charge in [-0.3, -0.25) is 4.79 Å². The van der Waals surface area contributed by atoms with Crippen LogP contribution in [0.3, 0.4) is 0 Å². The average molecular weight is 367 g/mol. The molecule has 6 heteroatoms. The minimum absolute atomic E-state index is 0.0480. The average Bonchev–Trinajstić information content (AvgIpc) is 2.85. The fourth-order valence-electron chi connectivity index (χ4n) is 3.91. The van der Waals surface area contributed by atoms with E-state index < -0.39 is 29.0 Å². The van der Waals surface area contributed by atoms with E-state index in [9.17, 15) is 9.35 Å². The summed E-state index contributed by atoms with van der Waals surface area (Å²) in [6.45, 7) is 5.07. The number of hydrogen-bond donors (Lipinski definition) is 3. The van der Waals surface area contributed by atoms with Crippen molar-refractivity contribution in [1.29, 1.82) is 0 Å². The van der Waals surface area contributed by atoms with Crippen molar-refractivity contribution in [1.82, 2.24) is 15.4 Å². The Kier molecular flexibility index (Phi) is 4.15. The number of carbonyl (C=O) groups excluding carboxylic acids is 1. The molecular weight excluding hydrogens is 334 g/mol. The van der Waals surface area contributed by atoms with Gasteiger partial charge in [-0.1, -0.05) is 6.07 Å². The van der Waals surface area contributed by atoms with Gasteiger partial charge in [0.25, 0.3) is 5.91 Å². The number of amides is 1. The molecule has 1 spiro atoms. The summed E-state index contributed by atoms with van der Waals surface area (Å²) in [6, 6.07) is 5.22. The summed E-state index contributed by atoms with van der Waals surface area (Å²) in [5.74, 6) is -0.621. The number of piperidine rings is 1. The summed E-state index contributed by atoms with van der Waals surface area (Å²) in [4.78, 5) is 12.4. The molecule has 2 atom stereocenters. The molecule has 138 valence electrons. The van der Waals surface area contributed by atoms with Crippen LogP contribution in [0.25, 0.3) is 0 Å². The van der Waals surface area contributed by atoms with Crippen LogP contribution in [0.5, 0.6) is 0 Å². The second kappa shape index (κ2) is 6.91. The smallest absolute Gasteiger partial charge is 0.251 e. The van der Waals surface area contributed by atoms with Crippen LogP contribution in [-0.4, -0.2) is 35.3 Å². The maximum Gasteiger partial charge on any atom is 0.251 e. The molecule has 0 bridgehead atoms. The van der Waals surface area contributed by atoms with Crippen LogP contribution in [0.15, 0.2) is 18.2 Å². The number of fused-ring (bicyclic) bond motifs is 1. The quantitative estimate of drug-likeness (QED) is 0.716. The molecule has 1 fully saturated rings. The summed E-state index contributed by atoms with van der Waals surface area (Å²) in [5.41, 5.74) is 2.36. The topological polar surface area (TPSA) is 76.2 Å². The van der Waals surface area contributed by atoms with Gasteiger partial charge < -0.3 is 15.2 Å². The van der Waals surface area contributed by atoms with Crippen LogP contribution in [0.4, 0.5) is 0 Å². The largest absolute Gasteiger partial charge is 0.598 e. The highest BCUT2D eigenvalue weighted by atomic mass is 32.2. The van der Waals surface area contributed by atoms with Crippen molar-refractivity contribution in [3.63, 3.8) is 0 Å². The summed E-state index contributed by atoms with van der Waals surface area (Å²) < 4.78 is 37.6. The van der Waals surface area contributed by atoms with Crippen LogP contribution in [0.1, 0.15) is 65.3 Å². The van der Waals surface area contributed by atoms with Gasteiger partial charge in [-0.15, -0.1) is 4.72 Å². The van der Waals surface area contributed by atoms with Crippen molar-refractivity contribution in [2.45, 2.75) is 50.8 Å². The molecule has 1 aliphatic heterocycles. The molecule has 3 rings (SSSR count). The molecule has 1 heterocycles. The molecule has 1 amide bonds. The van der Waals surface area contributed by atoms with Gasteiger partial charge in [0.1, 0.15) is 4.75 Å². The highest BCUT2D eigenvalue weighted by Gasteiger charge is 2.49. The van der Waals surface area contributed by atoms with Crippen molar-refractivity contribution in [2.24, 2.45) is 5.41 Å². The lowest BCUT2D eigenvalue weighted by Gasteiger charge is -2.40. The van der Waals surface area contributed by atoms with Crippen LogP contribution >= 0.6 is 0 Å². The maximum absolute atomic E-state index is 12.9. The lowest BCUT2D eigenvalue weighted by molar-refractivity contribution is 0.0963. The van der Waals surface area contributed by atoms with Gasteiger partial charge in [-0.2, -0.15) is 0 Å². The normalized spacial score (nSPS) is 25.6. The molecule has 1 unspecified atom stereocenters. The molecule has 1 aromatic rings. The Hall–Kier alpha value is -1.08. The molecule has 2 aliphatic rings. The van der Waals surface area contributed by atoms with E-state index in [1.807, 2.05) is 32.2 Å². The molecular formula is C19H29N3O2S. The minimum atomic E-state index is -2.53. The molecule has 1 saturated heterocycles. The van der Waals surface area contributed by atoms with Crippen LogP contribution in [0.2, 0.25) is 0 Å². The van der Waals surface area contributed by atoms with E-state index in [0.717, 1.165) is 43.5 Å².